The minimum absolute atomic E-state index is 0.0194. The van der Waals surface area contributed by atoms with Gasteiger partial charge in [-0.05, 0) is 24.6 Å². The molecule has 1 aliphatic rings. The molecule has 1 aromatic carbocycles. The highest BCUT2D eigenvalue weighted by Gasteiger charge is 2.19. The van der Waals surface area contributed by atoms with Crippen molar-refractivity contribution in [2.24, 2.45) is 5.73 Å². The highest BCUT2D eigenvalue weighted by atomic mass is 16.7. The highest BCUT2D eigenvalue weighted by molar-refractivity contribution is 5.97. The van der Waals surface area contributed by atoms with Crippen LogP contribution < -0.4 is 15.2 Å². The molecule has 1 aromatic rings. The number of hydrogen-bond donors (Lipinski definition) is 1. The van der Waals surface area contributed by atoms with Gasteiger partial charge in [0, 0.05) is 5.56 Å². The van der Waals surface area contributed by atoms with Crippen LogP contribution >= 0.6 is 0 Å². The van der Waals surface area contributed by atoms with Gasteiger partial charge in [-0.2, -0.15) is 0 Å². The lowest BCUT2D eigenvalue weighted by Crippen LogP contribution is -2.15. The molecule has 1 heterocycles. The first-order valence-electron chi connectivity index (χ1n) is 4.79. The largest absolute Gasteiger partial charge is 0.454 e. The minimum Gasteiger partial charge on any atom is -0.454 e. The number of ether oxygens (including phenoxy) is 2. The van der Waals surface area contributed by atoms with E-state index in [-0.39, 0.29) is 19.0 Å². The van der Waals surface area contributed by atoms with Crippen LogP contribution in [0.3, 0.4) is 0 Å². The number of ketones is 1. The first kappa shape index (κ1) is 10.5. The molecule has 0 atom stereocenters. The zero-order valence-corrected chi connectivity index (χ0v) is 8.78. The Kier molecular flexibility index (Phi) is 2.52. The molecule has 0 radical (unpaired) electrons. The predicted octanol–water partition coefficient (Wildman–Crippen LogP) is 0.646. The summed E-state index contributed by atoms with van der Waals surface area (Å²) in [5.74, 6) is 0.454. The van der Waals surface area contributed by atoms with Gasteiger partial charge in [0.1, 0.15) is 0 Å². The topological polar surface area (TPSA) is 78.6 Å². The predicted molar refractivity (Wildman–Crippen MR) is 55.5 cm³/mol. The molecular formula is C11H11NO4. The van der Waals surface area contributed by atoms with E-state index < -0.39 is 5.91 Å². The normalized spacial score (nSPS) is 12.6. The van der Waals surface area contributed by atoms with Gasteiger partial charge < -0.3 is 15.2 Å². The van der Waals surface area contributed by atoms with E-state index in [0.717, 1.165) is 0 Å². The Hall–Kier alpha value is -2.04. The van der Waals surface area contributed by atoms with E-state index >= 15 is 0 Å². The van der Waals surface area contributed by atoms with Gasteiger partial charge in [-0.15, -0.1) is 0 Å². The molecule has 0 bridgehead atoms. The van der Waals surface area contributed by atoms with E-state index in [4.69, 9.17) is 15.2 Å². The average Bonchev–Trinajstić information content (AvgIpc) is 2.62. The molecule has 1 aliphatic heterocycles. The highest BCUT2D eigenvalue weighted by Crippen LogP contribution is 2.35. The van der Waals surface area contributed by atoms with Gasteiger partial charge in [-0.3, -0.25) is 9.59 Å². The molecule has 0 fully saturated rings. The Morgan fingerprint density at radius 2 is 1.94 bits per heavy atom. The molecule has 2 rings (SSSR count). The quantitative estimate of drug-likeness (QED) is 0.760. The summed E-state index contributed by atoms with van der Waals surface area (Å²) in [4.78, 5) is 22.3. The number of fused-ring (bicyclic) bond motifs is 1. The van der Waals surface area contributed by atoms with Gasteiger partial charge in [-0.25, -0.2) is 0 Å². The molecule has 0 spiro atoms. The number of nitrogens with two attached hydrogens (primary N) is 1. The third kappa shape index (κ3) is 1.84. The zero-order chi connectivity index (χ0) is 11.7. The summed E-state index contributed by atoms with van der Waals surface area (Å²) in [6, 6.07) is 3.22. The standard InChI is InChI=1S/C11H11NO4/c1-6(13)8-4-10-9(15-5-16-10)2-7(8)3-11(12)14/h2,4H,3,5H2,1H3,(H2,12,14). The van der Waals surface area contributed by atoms with Crippen molar-refractivity contribution in [3.8, 4) is 11.5 Å². The van der Waals surface area contributed by atoms with Crippen LogP contribution in [-0.2, 0) is 11.2 Å². The number of carbonyl (C=O) groups excluding carboxylic acids is 2. The number of rotatable bonds is 3. The third-order valence-corrected chi connectivity index (χ3v) is 2.34. The molecule has 84 valence electrons. The van der Waals surface area contributed by atoms with Crippen LogP contribution in [0, 0.1) is 0 Å². The molecule has 0 aliphatic carbocycles. The number of benzene rings is 1. The summed E-state index contributed by atoms with van der Waals surface area (Å²) in [5.41, 5.74) is 6.14. The SMILES string of the molecule is CC(=O)c1cc2c(cc1CC(N)=O)OCO2. The lowest BCUT2D eigenvalue weighted by molar-refractivity contribution is -0.117. The van der Waals surface area contributed by atoms with E-state index in [1.54, 1.807) is 12.1 Å². The number of hydrogen-bond acceptors (Lipinski definition) is 4. The van der Waals surface area contributed by atoms with Crippen LogP contribution in [0.15, 0.2) is 12.1 Å². The maximum atomic E-state index is 11.4. The van der Waals surface area contributed by atoms with Gasteiger partial charge in [0.15, 0.2) is 17.3 Å². The fraction of sp³-hybridized carbons (Fsp3) is 0.273. The van der Waals surface area contributed by atoms with E-state index in [2.05, 4.69) is 0 Å². The van der Waals surface area contributed by atoms with Crippen LogP contribution in [0.25, 0.3) is 0 Å². The van der Waals surface area contributed by atoms with Crippen molar-refractivity contribution in [2.45, 2.75) is 13.3 Å². The zero-order valence-electron chi connectivity index (χ0n) is 8.78. The number of Topliss-reactive ketones (excluding diaryl/α,β-unsaturated/α-hetero) is 1. The molecule has 16 heavy (non-hydrogen) atoms. The Balaban J connectivity index is 2.48. The van der Waals surface area contributed by atoms with Crippen LogP contribution in [0.2, 0.25) is 0 Å². The molecule has 0 saturated carbocycles. The Labute approximate surface area is 92.1 Å². The lowest BCUT2D eigenvalue weighted by atomic mass is 10.0. The maximum absolute atomic E-state index is 11.4. The van der Waals surface area contributed by atoms with Crippen molar-refractivity contribution < 1.29 is 19.1 Å². The Morgan fingerprint density at radius 1 is 1.31 bits per heavy atom. The molecule has 0 saturated heterocycles. The Bertz CT molecular complexity index is 467. The van der Waals surface area contributed by atoms with Gasteiger partial charge >= 0.3 is 0 Å². The van der Waals surface area contributed by atoms with Crippen molar-refractivity contribution in [3.05, 3.63) is 23.3 Å². The second-order valence-corrected chi connectivity index (χ2v) is 3.56. The molecule has 1 amide bonds. The molecule has 2 N–H and O–H groups in total. The molecular weight excluding hydrogens is 210 g/mol. The van der Waals surface area contributed by atoms with Crippen molar-refractivity contribution in [1.29, 1.82) is 0 Å². The lowest BCUT2D eigenvalue weighted by Gasteiger charge is -2.06. The number of primary amides is 1. The van der Waals surface area contributed by atoms with Crippen molar-refractivity contribution in [1.82, 2.24) is 0 Å². The summed E-state index contributed by atoms with van der Waals surface area (Å²) < 4.78 is 10.3. The second-order valence-electron chi connectivity index (χ2n) is 3.56. The summed E-state index contributed by atoms with van der Waals surface area (Å²) >= 11 is 0. The van der Waals surface area contributed by atoms with Crippen LogP contribution in [-0.4, -0.2) is 18.5 Å². The summed E-state index contributed by atoms with van der Waals surface area (Å²) in [6.07, 6.45) is 0.0194. The minimum atomic E-state index is -0.485. The third-order valence-electron chi connectivity index (χ3n) is 2.34. The molecule has 0 aromatic heterocycles. The van der Waals surface area contributed by atoms with E-state index in [9.17, 15) is 9.59 Å². The second kappa shape index (κ2) is 3.84. The Morgan fingerprint density at radius 3 is 2.50 bits per heavy atom. The van der Waals surface area contributed by atoms with Gasteiger partial charge in [0.05, 0.1) is 6.42 Å². The van der Waals surface area contributed by atoms with Crippen molar-refractivity contribution in [2.75, 3.05) is 6.79 Å². The number of carbonyl (C=O) groups is 2. The van der Waals surface area contributed by atoms with Gasteiger partial charge in [-0.1, -0.05) is 0 Å². The first-order valence-corrected chi connectivity index (χ1v) is 4.79. The monoisotopic (exact) mass is 221 g/mol. The van der Waals surface area contributed by atoms with E-state index in [0.29, 0.717) is 22.6 Å². The summed E-state index contributed by atoms with van der Waals surface area (Å²) in [7, 11) is 0. The smallest absolute Gasteiger partial charge is 0.231 e. The molecule has 5 heteroatoms. The summed E-state index contributed by atoms with van der Waals surface area (Å²) in [5, 5.41) is 0. The maximum Gasteiger partial charge on any atom is 0.231 e. The van der Waals surface area contributed by atoms with Crippen LogP contribution in [0.5, 0.6) is 11.5 Å². The van der Waals surface area contributed by atoms with Gasteiger partial charge in [0.25, 0.3) is 0 Å². The fourth-order valence-electron chi connectivity index (χ4n) is 1.65. The average molecular weight is 221 g/mol. The van der Waals surface area contributed by atoms with Crippen LogP contribution in [0.1, 0.15) is 22.8 Å². The number of amides is 1. The van der Waals surface area contributed by atoms with E-state index in [1.807, 2.05) is 0 Å². The van der Waals surface area contributed by atoms with Crippen molar-refractivity contribution >= 4 is 11.7 Å². The summed E-state index contributed by atoms with van der Waals surface area (Å²) in [6.45, 7) is 1.56. The van der Waals surface area contributed by atoms with E-state index in [1.165, 1.54) is 6.92 Å². The van der Waals surface area contributed by atoms with Gasteiger partial charge in [0.2, 0.25) is 12.7 Å². The van der Waals surface area contributed by atoms with Crippen molar-refractivity contribution in [3.63, 3.8) is 0 Å². The molecule has 0 unspecified atom stereocenters. The first-order chi connectivity index (χ1) is 7.58. The van der Waals surface area contributed by atoms with Crippen LogP contribution in [0.4, 0.5) is 0 Å². The molecule has 5 nitrogen and oxygen atoms in total. The fourth-order valence-corrected chi connectivity index (χ4v) is 1.65.